The molecule has 0 unspecified atom stereocenters. The first kappa shape index (κ1) is 19.7. The van der Waals surface area contributed by atoms with E-state index in [2.05, 4.69) is 10.4 Å². The van der Waals surface area contributed by atoms with Crippen molar-refractivity contribution in [2.45, 2.75) is 13.5 Å². The quantitative estimate of drug-likeness (QED) is 0.745. The van der Waals surface area contributed by atoms with E-state index in [1.54, 1.807) is 19.2 Å². The number of ether oxygens (including phenoxy) is 3. The number of nitrogens with one attached hydrogen (secondary N) is 1. The lowest BCUT2D eigenvalue weighted by Crippen LogP contribution is -2.32. The second-order valence-electron chi connectivity index (χ2n) is 6.38. The zero-order valence-electron chi connectivity index (χ0n) is 16.2. The molecule has 2 aromatic carbocycles. The fourth-order valence-electron chi connectivity index (χ4n) is 2.81. The third kappa shape index (κ3) is 5.72. The van der Waals surface area contributed by atoms with Crippen molar-refractivity contribution in [2.75, 3.05) is 38.7 Å². The van der Waals surface area contributed by atoms with Crippen LogP contribution in [0.1, 0.15) is 18.1 Å². The van der Waals surface area contributed by atoms with Gasteiger partial charge in [0.25, 0.3) is 0 Å². The molecule has 1 fully saturated rings. The standard InChI is InChI=1S/C21H25N3O4/c1-16(25)23-19-4-6-20(7-5-19)28-15-18-13-17(3-8-21(18)26-2)14-22-24-9-11-27-12-10-24/h3-8,13-14H,9-12,15H2,1-2H3,(H,23,25). The molecule has 1 heterocycles. The van der Waals surface area contributed by atoms with Crippen LogP contribution in [0.15, 0.2) is 47.6 Å². The Morgan fingerprint density at radius 2 is 1.96 bits per heavy atom. The van der Waals surface area contributed by atoms with Gasteiger partial charge in [0.2, 0.25) is 5.91 Å². The number of hydrogen-bond donors (Lipinski definition) is 1. The van der Waals surface area contributed by atoms with Crippen LogP contribution in [-0.4, -0.2) is 50.5 Å². The Labute approximate surface area is 164 Å². The summed E-state index contributed by atoms with van der Waals surface area (Å²) >= 11 is 0. The van der Waals surface area contributed by atoms with E-state index < -0.39 is 0 Å². The van der Waals surface area contributed by atoms with E-state index in [1.165, 1.54) is 6.92 Å². The molecule has 7 nitrogen and oxygen atoms in total. The van der Waals surface area contributed by atoms with Gasteiger partial charge in [-0.3, -0.25) is 9.80 Å². The Morgan fingerprint density at radius 1 is 1.21 bits per heavy atom. The molecule has 3 rings (SSSR count). The van der Waals surface area contributed by atoms with Gasteiger partial charge in [-0.25, -0.2) is 0 Å². The van der Waals surface area contributed by atoms with Crippen molar-refractivity contribution in [3.05, 3.63) is 53.6 Å². The normalized spacial score (nSPS) is 14.1. The van der Waals surface area contributed by atoms with Crippen molar-refractivity contribution in [2.24, 2.45) is 5.10 Å². The highest BCUT2D eigenvalue weighted by molar-refractivity contribution is 5.88. The Kier molecular flexibility index (Phi) is 6.86. The molecule has 1 aliphatic heterocycles. The monoisotopic (exact) mass is 383 g/mol. The highest BCUT2D eigenvalue weighted by atomic mass is 16.5. The number of anilines is 1. The number of morpholine rings is 1. The molecule has 0 atom stereocenters. The number of carbonyl (C=O) groups excluding carboxylic acids is 1. The number of amides is 1. The maximum atomic E-state index is 11.1. The van der Waals surface area contributed by atoms with Gasteiger partial charge in [-0.1, -0.05) is 0 Å². The van der Waals surface area contributed by atoms with E-state index in [-0.39, 0.29) is 5.91 Å². The van der Waals surface area contributed by atoms with Crippen molar-refractivity contribution in [1.29, 1.82) is 0 Å². The molecular weight excluding hydrogens is 358 g/mol. The average molecular weight is 383 g/mol. The van der Waals surface area contributed by atoms with E-state index in [9.17, 15) is 4.79 Å². The highest BCUT2D eigenvalue weighted by Gasteiger charge is 2.08. The predicted molar refractivity (Wildman–Crippen MR) is 108 cm³/mol. The Bertz CT molecular complexity index is 815. The van der Waals surface area contributed by atoms with Gasteiger partial charge in [0.05, 0.1) is 39.6 Å². The molecule has 0 aromatic heterocycles. The van der Waals surface area contributed by atoms with Crippen LogP contribution in [0.2, 0.25) is 0 Å². The lowest BCUT2D eigenvalue weighted by molar-refractivity contribution is -0.114. The molecule has 28 heavy (non-hydrogen) atoms. The molecule has 148 valence electrons. The van der Waals surface area contributed by atoms with E-state index in [1.807, 2.05) is 41.6 Å². The first-order valence-corrected chi connectivity index (χ1v) is 9.18. The Hall–Kier alpha value is -3.06. The summed E-state index contributed by atoms with van der Waals surface area (Å²) in [6.45, 7) is 4.86. The first-order chi connectivity index (χ1) is 13.6. The fraction of sp³-hybridized carbons (Fsp3) is 0.333. The van der Waals surface area contributed by atoms with Gasteiger partial charge in [0, 0.05) is 18.2 Å². The topological polar surface area (TPSA) is 72.4 Å². The maximum absolute atomic E-state index is 11.1. The SMILES string of the molecule is COc1ccc(C=NN2CCOCC2)cc1COc1ccc(NC(C)=O)cc1. The van der Waals surface area contributed by atoms with Gasteiger partial charge in [-0.15, -0.1) is 0 Å². The minimum Gasteiger partial charge on any atom is -0.496 e. The highest BCUT2D eigenvalue weighted by Crippen LogP contribution is 2.23. The van der Waals surface area contributed by atoms with E-state index >= 15 is 0 Å². The molecule has 2 aromatic rings. The van der Waals surface area contributed by atoms with E-state index in [0.717, 1.165) is 35.7 Å². The Balaban J connectivity index is 1.64. The number of carbonyl (C=O) groups is 1. The summed E-state index contributed by atoms with van der Waals surface area (Å²) in [6, 6.07) is 13.1. The largest absolute Gasteiger partial charge is 0.496 e. The molecule has 1 amide bonds. The Morgan fingerprint density at radius 3 is 2.64 bits per heavy atom. The molecule has 1 N–H and O–H groups in total. The fourth-order valence-corrected chi connectivity index (χ4v) is 2.81. The lowest BCUT2D eigenvalue weighted by Gasteiger charge is -2.23. The molecule has 0 bridgehead atoms. The number of methoxy groups -OCH3 is 1. The number of benzene rings is 2. The molecule has 1 saturated heterocycles. The van der Waals surface area contributed by atoms with Crippen LogP contribution < -0.4 is 14.8 Å². The van der Waals surface area contributed by atoms with Crippen molar-refractivity contribution in [1.82, 2.24) is 5.01 Å². The summed E-state index contributed by atoms with van der Waals surface area (Å²) in [6.07, 6.45) is 1.84. The van der Waals surface area contributed by atoms with Crippen molar-refractivity contribution < 1.29 is 19.0 Å². The second kappa shape index (κ2) is 9.75. The lowest BCUT2D eigenvalue weighted by atomic mass is 10.1. The molecule has 0 saturated carbocycles. The van der Waals surface area contributed by atoms with Gasteiger partial charge in [-0.2, -0.15) is 5.10 Å². The van der Waals surface area contributed by atoms with Crippen LogP contribution in [0.4, 0.5) is 5.69 Å². The number of hydrogen-bond acceptors (Lipinski definition) is 6. The second-order valence-corrected chi connectivity index (χ2v) is 6.38. The zero-order valence-corrected chi connectivity index (χ0v) is 16.2. The predicted octanol–water partition coefficient (Wildman–Crippen LogP) is 2.90. The third-order valence-corrected chi connectivity index (χ3v) is 4.23. The molecule has 0 spiro atoms. The van der Waals surface area contributed by atoms with Crippen LogP contribution in [0.5, 0.6) is 11.5 Å². The molecule has 0 radical (unpaired) electrons. The zero-order chi connectivity index (χ0) is 19.8. The third-order valence-electron chi connectivity index (χ3n) is 4.23. The first-order valence-electron chi connectivity index (χ1n) is 9.18. The van der Waals surface area contributed by atoms with Crippen LogP contribution in [-0.2, 0) is 16.1 Å². The van der Waals surface area contributed by atoms with Gasteiger partial charge in [0.1, 0.15) is 18.1 Å². The van der Waals surface area contributed by atoms with Gasteiger partial charge in [0.15, 0.2) is 0 Å². The van der Waals surface area contributed by atoms with E-state index in [4.69, 9.17) is 14.2 Å². The van der Waals surface area contributed by atoms with Gasteiger partial charge < -0.3 is 19.5 Å². The van der Waals surface area contributed by atoms with Crippen LogP contribution >= 0.6 is 0 Å². The van der Waals surface area contributed by atoms with Gasteiger partial charge >= 0.3 is 0 Å². The number of nitrogens with zero attached hydrogens (tertiary/aromatic N) is 2. The molecular formula is C21H25N3O4. The number of rotatable bonds is 7. The molecule has 1 aliphatic rings. The summed E-state index contributed by atoms with van der Waals surface area (Å²) in [5, 5.41) is 9.25. The van der Waals surface area contributed by atoms with E-state index in [0.29, 0.717) is 25.6 Å². The minimum atomic E-state index is -0.103. The van der Waals surface area contributed by atoms with Crippen LogP contribution in [0, 0.1) is 0 Å². The maximum Gasteiger partial charge on any atom is 0.221 e. The molecule has 0 aliphatic carbocycles. The number of hydrazone groups is 1. The van der Waals surface area contributed by atoms with Crippen molar-refractivity contribution in [3.63, 3.8) is 0 Å². The molecule has 7 heteroatoms. The summed E-state index contributed by atoms with van der Waals surface area (Å²) in [5.41, 5.74) is 2.64. The summed E-state index contributed by atoms with van der Waals surface area (Å²) in [7, 11) is 1.64. The summed E-state index contributed by atoms with van der Waals surface area (Å²) in [5.74, 6) is 1.37. The smallest absolute Gasteiger partial charge is 0.221 e. The average Bonchev–Trinajstić information content (AvgIpc) is 2.72. The van der Waals surface area contributed by atoms with Crippen LogP contribution in [0.3, 0.4) is 0 Å². The summed E-state index contributed by atoms with van der Waals surface area (Å²) in [4.78, 5) is 11.1. The van der Waals surface area contributed by atoms with Crippen LogP contribution in [0.25, 0.3) is 0 Å². The van der Waals surface area contributed by atoms with Crippen molar-refractivity contribution >= 4 is 17.8 Å². The van der Waals surface area contributed by atoms with Gasteiger partial charge in [-0.05, 0) is 48.0 Å². The summed E-state index contributed by atoms with van der Waals surface area (Å²) < 4.78 is 16.7. The minimum absolute atomic E-state index is 0.103. The van der Waals surface area contributed by atoms with Crippen molar-refractivity contribution in [3.8, 4) is 11.5 Å².